The standard InChI is InChI=1S/C32H31ClF3N3O3/c33-23-9-7-8-22(20-23)28(40)29(41)39-18-16-38(17-19-39)15-6-5-14-31(30(42)37-21-32(34,35)36)26-12-3-1-10-24(26)25-11-2-4-13-27(25)31/h1-4,7-13,20H,5-6,14-19,21H2,(H,37,42). The highest BCUT2D eigenvalue weighted by molar-refractivity contribution is 6.43. The molecule has 1 heterocycles. The van der Waals surface area contributed by atoms with Gasteiger partial charge in [0.2, 0.25) is 11.7 Å². The van der Waals surface area contributed by atoms with Crippen LogP contribution in [0.25, 0.3) is 11.1 Å². The van der Waals surface area contributed by atoms with Gasteiger partial charge in [-0.25, -0.2) is 0 Å². The molecule has 0 unspecified atom stereocenters. The first-order valence-corrected chi connectivity index (χ1v) is 14.3. The summed E-state index contributed by atoms with van der Waals surface area (Å²) in [4.78, 5) is 42.7. The number of rotatable bonds is 9. The number of nitrogens with zero attached hydrogens (tertiary/aromatic N) is 2. The molecular weight excluding hydrogens is 567 g/mol. The lowest BCUT2D eigenvalue weighted by molar-refractivity contribution is -0.141. The molecule has 1 fully saturated rings. The fraction of sp³-hybridized carbons (Fsp3) is 0.344. The second kappa shape index (κ2) is 12.3. The van der Waals surface area contributed by atoms with Crippen LogP contribution in [-0.2, 0) is 15.0 Å². The van der Waals surface area contributed by atoms with E-state index in [9.17, 15) is 27.6 Å². The van der Waals surface area contributed by atoms with Crippen molar-refractivity contribution in [2.24, 2.45) is 0 Å². The van der Waals surface area contributed by atoms with Gasteiger partial charge in [0.1, 0.15) is 12.0 Å². The van der Waals surface area contributed by atoms with Crippen molar-refractivity contribution < 1.29 is 27.6 Å². The van der Waals surface area contributed by atoms with E-state index in [1.165, 1.54) is 6.07 Å². The first kappa shape index (κ1) is 29.8. The van der Waals surface area contributed by atoms with Crippen LogP contribution in [0.3, 0.4) is 0 Å². The first-order chi connectivity index (χ1) is 20.1. The molecule has 5 rings (SSSR count). The number of nitrogens with one attached hydrogen (secondary N) is 1. The summed E-state index contributed by atoms with van der Waals surface area (Å²) in [6.45, 7) is 1.33. The molecule has 6 nitrogen and oxygen atoms in total. The summed E-state index contributed by atoms with van der Waals surface area (Å²) in [5, 5.41) is 2.56. The zero-order chi connectivity index (χ0) is 29.9. The van der Waals surface area contributed by atoms with Crippen LogP contribution in [0.1, 0.15) is 40.7 Å². The minimum Gasteiger partial charge on any atom is -0.346 e. The Bertz CT molecular complexity index is 1440. The number of benzene rings is 3. The number of Topliss-reactive ketones (excluding diaryl/α,β-unsaturated/α-hetero) is 1. The molecule has 0 atom stereocenters. The molecule has 1 N–H and O–H groups in total. The van der Waals surface area contributed by atoms with Gasteiger partial charge >= 0.3 is 6.18 Å². The van der Waals surface area contributed by atoms with Crippen LogP contribution < -0.4 is 5.32 Å². The number of ketones is 1. The summed E-state index contributed by atoms with van der Waals surface area (Å²) in [5.41, 5.74) is 2.22. The van der Waals surface area contributed by atoms with E-state index in [4.69, 9.17) is 11.6 Å². The maximum absolute atomic E-state index is 13.6. The molecule has 0 aromatic heterocycles. The molecular formula is C32H31ClF3N3O3. The number of alkyl halides is 3. The van der Waals surface area contributed by atoms with E-state index in [2.05, 4.69) is 10.2 Å². The van der Waals surface area contributed by atoms with Gasteiger partial charge < -0.3 is 10.2 Å². The monoisotopic (exact) mass is 597 g/mol. The Kier molecular flexibility index (Phi) is 8.70. The van der Waals surface area contributed by atoms with E-state index in [1.54, 1.807) is 23.1 Å². The van der Waals surface area contributed by atoms with Crippen molar-refractivity contribution in [3.63, 3.8) is 0 Å². The summed E-state index contributed by atoms with van der Waals surface area (Å²) >= 11 is 5.96. The molecule has 42 heavy (non-hydrogen) atoms. The Morgan fingerprint density at radius 2 is 1.45 bits per heavy atom. The van der Waals surface area contributed by atoms with E-state index in [0.29, 0.717) is 57.0 Å². The van der Waals surface area contributed by atoms with Gasteiger partial charge in [0.15, 0.2) is 0 Å². The van der Waals surface area contributed by atoms with Gasteiger partial charge in [0.25, 0.3) is 5.91 Å². The van der Waals surface area contributed by atoms with Crippen LogP contribution in [0.15, 0.2) is 72.8 Å². The van der Waals surface area contributed by atoms with E-state index in [1.807, 2.05) is 48.5 Å². The molecule has 0 bridgehead atoms. The number of carbonyl (C=O) groups is 3. The maximum atomic E-state index is 13.6. The molecule has 220 valence electrons. The molecule has 0 radical (unpaired) electrons. The fourth-order valence-electron chi connectivity index (χ4n) is 6.08. The molecule has 0 saturated carbocycles. The molecule has 10 heteroatoms. The van der Waals surface area contributed by atoms with Gasteiger partial charge in [0.05, 0.1) is 0 Å². The molecule has 3 aromatic carbocycles. The third kappa shape index (κ3) is 6.08. The second-order valence-electron chi connectivity index (χ2n) is 10.7. The zero-order valence-electron chi connectivity index (χ0n) is 22.9. The highest BCUT2D eigenvalue weighted by Crippen LogP contribution is 2.51. The summed E-state index contributed by atoms with van der Waals surface area (Å²) in [6, 6.07) is 21.2. The van der Waals surface area contributed by atoms with Gasteiger partial charge in [0, 0.05) is 36.8 Å². The van der Waals surface area contributed by atoms with Gasteiger partial charge in [-0.3, -0.25) is 19.3 Å². The van der Waals surface area contributed by atoms with Crippen LogP contribution in [0, 0.1) is 0 Å². The average Bonchev–Trinajstić information content (AvgIpc) is 3.28. The minimum absolute atomic E-state index is 0.262. The Morgan fingerprint density at radius 1 is 0.833 bits per heavy atom. The smallest absolute Gasteiger partial charge is 0.346 e. The number of amides is 2. The lowest BCUT2D eigenvalue weighted by Gasteiger charge is -2.35. The van der Waals surface area contributed by atoms with Crippen LogP contribution in [0.5, 0.6) is 0 Å². The van der Waals surface area contributed by atoms with Gasteiger partial charge in [-0.1, -0.05) is 78.7 Å². The topological polar surface area (TPSA) is 69.7 Å². The van der Waals surface area contributed by atoms with Crippen LogP contribution >= 0.6 is 11.6 Å². The zero-order valence-corrected chi connectivity index (χ0v) is 23.7. The highest BCUT2D eigenvalue weighted by Gasteiger charge is 2.49. The first-order valence-electron chi connectivity index (χ1n) is 14.0. The van der Waals surface area contributed by atoms with E-state index >= 15 is 0 Å². The summed E-state index contributed by atoms with van der Waals surface area (Å²) in [6.07, 6.45) is -2.84. The number of hydrogen-bond acceptors (Lipinski definition) is 4. The molecule has 2 aliphatic rings. The Balaban J connectivity index is 1.22. The summed E-state index contributed by atoms with van der Waals surface area (Å²) in [7, 11) is 0. The predicted molar refractivity (Wildman–Crippen MR) is 154 cm³/mol. The maximum Gasteiger partial charge on any atom is 0.405 e. The van der Waals surface area contributed by atoms with Crippen molar-refractivity contribution in [1.29, 1.82) is 0 Å². The highest BCUT2D eigenvalue weighted by atomic mass is 35.5. The minimum atomic E-state index is -4.52. The number of fused-ring (bicyclic) bond motifs is 3. The number of halogens is 4. The Hall–Kier alpha value is -3.69. The average molecular weight is 598 g/mol. The van der Waals surface area contributed by atoms with Crippen LogP contribution in [0.4, 0.5) is 13.2 Å². The molecule has 0 spiro atoms. The lowest BCUT2D eigenvalue weighted by Crippen LogP contribution is -2.50. The molecule has 1 saturated heterocycles. The van der Waals surface area contributed by atoms with Crippen molar-refractivity contribution >= 4 is 29.2 Å². The summed E-state index contributed by atoms with van der Waals surface area (Å²) in [5.74, 6) is -1.78. The third-order valence-electron chi connectivity index (χ3n) is 8.12. The van der Waals surface area contributed by atoms with Crippen molar-refractivity contribution in [3.8, 4) is 11.1 Å². The predicted octanol–water partition coefficient (Wildman–Crippen LogP) is 5.48. The SMILES string of the molecule is O=C(C(=O)N1CCN(CCCCC2(C(=O)NCC(F)(F)F)c3ccccc3-c3ccccc32)CC1)c1cccc(Cl)c1. The number of carbonyl (C=O) groups excluding carboxylic acids is 3. The van der Waals surface area contributed by atoms with Gasteiger partial charge in [-0.15, -0.1) is 0 Å². The van der Waals surface area contributed by atoms with E-state index in [0.717, 1.165) is 22.3 Å². The van der Waals surface area contributed by atoms with Crippen molar-refractivity contribution in [2.45, 2.75) is 30.9 Å². The largest absolute Gasteiger partial charge is 0.405 e. The molecule has 1 aliphatic heterocycles. The third-order valence-corrected chi connectivity index (χ3v) is 8.35. The van der Waals surface area contributed by atoms with E-state index in [-0.39, 0.29) is 5.56 Å². The quantitative estimate of drug-likeness (QED) is 0.201. The van der Waals surface area contributed by atoms with Crippen molar-refractivity contribution in [3.05, 3.63) is 94.5 Å². The number of unbranched alkanes of at least 4 members (excludes halogenated alkanes) is 1. The number of hydrogen-bond donors (Lipinski definition) is 1. The van der Waals surface area contributed by atoms with Crippen LogP contribution in [-0.4, -0.2) is 72.8 Å². The second-order valence-corrected chi connectivity index (χ2v) is 11.2. The molecule has 1 aliphatic carbocycles. The lowest BCUT2D eigenvalue weighted by atomic mass is 9.73. The van der Waals surface area contributed by atoms with Crippen LogP contribution in [0.2, 0.25) is 5.02 Å². The van der Waals surface area contributed by atoms with Gasteiger partial charge in [-0.05, 0) is 53.8 Å². The molecule has 2 amide bonds. The van der Waals surface area contributed by atoms with Crippen molar-refractivity contribution in [2.75, 3.05) is 39.3 Å². The van der Waals surface area contributed by atoms with E-state index < -0.39 is 35.7 Å². The van der Waals surface area contributed by atoms with Crippen molar-refractivity contribution in [1.82, 2.24) is 15.1 Å². The fourth-order valence-corrected chi connectivity index (χ4v) is 6.27. The van der Waals surface area contributed by atoms with Gasteiger partial charge in [-0.2, -0.15) is 13.2 Å². The molecule has 3 aromatic rings. The summed E-state index contributed by atoms with van der Waals surface area (Å²) < 4.78 is 39.3. The Morgan fingerprint density at radius 3 is 2.05 bits per heavy atom. The number of piperazine rings is 1. The normalized spacial score (nSPS) is 16.0. The Labute approximate surface area is 247 Å².